The largest absolute Gasteiger partial charge is 0.491 e. The molecule has 0 amide bonds. The molecule has 2 saturated carbocycles. The fourth-order valence-electron chi connectivity index (χ4n) is 5.50. The van der Waals surface area contributed by atoms with Crippen LogP contribution in [0.25, 0.3) is 0 Å². The highest BCUT2D eigenvalue weighted by Gasteiger charge is 2.34. The Morgan fingerprint density at radius 2 is 1.55 bits per heavy atom. The van der Waals surface area contributed by atoms with Crippen molar-refractivity contribution in [1.82, 2.24) is 0 Å². The molecular formula is C25H36F2O2. The Morgan fingerprint density at radius 1 is 0.931 bits per heavy atom. The third kappa shape index (κ3) is 5.38. The van der Waals surface area contributed by atoms with Gasteiger partial charge in [0.05, 0.1) is 12.2 Å². The molecular weight excluding hydrogens is 370 g/mol. The SMILES string of the molecule is CCCCC1CCC(C2CCC(C(=O)c3ccc(OCC)c(F)c3F)CC2)CC1. The van der Waals surface area contributed by atoms with Crippen LogP contribution in [0.2, 0.25) is 0 Å². The molecule has 0 unspecified atom stereocenters. The Morgan fingerprint density at radius 3 is 2.14 bits per heavy atom. The van der Waals surface area contributed by atoms with E-state index in [1.54, 1.807) is 6.92 Å². The van der Waals surface area contributed by atoms with E-state index in [9.17, 15) is 13.6 Å². The molecule has 4 heteroatoms. The van der Waals surface area contributed by atoms with Crippen LogP contribution < -0.4 is 4.74 Å². The molecule has 1 aromatic carbocycles. The van der Waals surface area contributed by atoms with Crippen molar-refractivity contribution >= 4 is 5.78 Å². The third-order valence-corrected chi connectivity index (χ3v) is 7.28. The smallest absolute Gasteiger partial charge is 0.201 e. The summed E-state index contributed by atoms with van der Waals surface area (Å²) in [5.41, 5.74) is -0.120. The van der Waals surface area contributed by atoms with Crippen molar-refractivity contribution < 1.29 is 18.3 Å². The second-order valence-electron chi connectivity index (χ2n) is 9.07. The Labute approximate surface area is 174 Å². The van der Waals surface area contributed by atoms with Gasteiger partial charge >= 0.3 is 0 Å². The number of hydrogen-bond donors (Lipinski definition) is 0. The molecule has 0 radical (unpaired) electrons. The zero-order valence-electron chi connectivity index (χ0n) is 18.0. The number of rotatable bonds is 8. The number of Topliss-reactive ketones (excluding diaryl/α,β-unsaturated/α-hetero) is 1. The van der Waals surface area contributed by atoms with Gasteiger partial charge in [0.2, 0.25) is 5.82 Å². The van der Waals surface area contributed by atoms with Crippen LogP contribution in [0.1, 0.15) is 94.8 Å². The molecule has 0 aliphatic heterocycles. The maximum Gasteiger partial charge on any atom is 0.201 e. The zero-order valence-corrected chi connectivity index (χ0v) is 18.0. The van der Waals surface area contributed by atoms with Crippen molar-refractivity contribution in [3.05, 3.63) is 29.3 Å². The van der Waals surface area contributed by atoms with E-state index in [2.05, 4.69) is 6.92 Å². The normalized spacial score (nSPS) is 27.6. The molecule has 162 valence electrons. The van der Waals surface area contributed by atoms with Crippen LogP contribution in [0.15, 0.2) is 12.1 Å². The molecule has 2 aliphatic rings. The van der Waals surface area contributed by atoms with E-state index in [0.717, 1.165) is 37.5 Å². The van der Waals surface area contributed by atoms with Crippen molar-refractivity contribution in [2.24, 2.45) is 23.7 Å². The Hall–Kier alpha value is -1.45. The van der Waals surface area contributed by atoms with Gasteiger partial charge in [-0.15, -0.1) is 0 Å². The first-order valence-electron chi connectivity index (χ1n) is 11.7. The van der Waals surface area contributed by atoms with Gasteiger partial charge in [-0.25, -0.2) is 4.39 Å². The molecule has 3 rings (SSSR count). The highest BCUT2D eigenvalue weighted by atomic mass is 19.2. The van der Waals surface area contributed by atoms with E-state index in [0.29, 0.717) is 5.92 Å². The summed E-state index contributed by atoms with van der Waals surface area (Å²) in [6, 6.07) is 2.76. The number of ether oxygens (including phenoxy) is 1. The number of halogens is 2. The van der Waals surface area contributed by atoms with Gasteiger partial charge in [-0.2, -0.15) is 4.39 Å². The minimum absolute atomic E-state index is 0.120. The monoisotopic (exact) mass is 406 g/mol. The minimum Gasteiger partial charge on any atom is -0.491 e. The second kappa shape index (κ2) is 10.5. The molecule has 0 aromatic heterocycles. The van der Waals surface area contributed by atoms with Gasteiger partial charge in [-0.3, -0.25) is 4.79 Å². The predicted octanol–water partition coefficient (Wildman–Crippen LogP) is 7.35. The highest BCUT2D eigenvalue weighted by molar-refractivity contribution is 5.98. The first kappa shape index (κ1) is 22.2. The van der Waals surface area contributed by atoms with Crippen LogP contribution in [-0.4, -0.2) is 12.4 Å². The molecule has 2 nitrogen and oxygen atoms in total. The van der Waals surface area contributed by atoms with E-state index in [1.165, 1.54) is 57.1 Å². The lowest BCUT2D eigenvalue weighted by atomic mass is 9.68. The van der Waals surface area contributed by atoms with Crippen LogP contribution in [0.4, 0.5) is 8.78 Å². The van der Waals surface area contributed by atoms with Gasteiger partial charge in [-0.1, -0.05) is 39.0 Å². The lowest BCUT2D eigenvalue weighted by molar-refractivity contribution is 0.0823. The van der Waals surface area contributed by atoms with Crippen LogP contribution in [-0.2, 0) is 0 Å². The summed E-state index contributed by atoms with van der Waals surface area (Å²) in [6.07, 6.45) is 13.1. The standard InChI is InChI=1S/C25H36F2O2/c1-3-5-6-17-7-9-18(10-8-17)19-11-13-20(14-12-19)25(28)21-15-16-22(29-4-2)24(27)23(21)26/h15-20H,3-14H2,1-2H3. The van der Waals surface area contributed by atoms with Gasteiger partial charge in [0.25, 0.3) is 0 Å². The molecule has 0 bridgehead atoms. The average Bonchev–Trinajstić information content (AvgIpc) is 2.76. The lowest BCUT2D eigenvalue weighted by Crippen LogP contribution is -2.28. The lowest BCUT2D eigenvalue weighted by Gasteiger charge is -2.37. The third-order valence-electron chi connectivity index (χ3n) is 7.28. The summed E-state index contributed by atoms with van der Waals surface area (Å²) in [5.74, 6) is -0.247. The topological polar surface area (TPSA) is 26.3 Å². The Balaban J connectivity index is 1.52. The van der Waals surface area contributed by atoms with Gasteiger partial charge in [0, 0.05) is 5.92 Å². The zero-order chi connectivity index (χ0) is 20.8. The molecule has 2 fully saturated rings. The first-order valence-corrected chi connectivity index (χ1v) is 11.7. The quantitative estimate of drug-likeness (QED) is 0.422. The number of ketones is 1. The average molecular weight is 407 g/mol. The van der Waals surface area contributed by atoms with E-state index >= 15 is 0 Å². The summed E-state index contributed by atoms with van der Waals surface area (Å²) < 4.78 is 33.6. The minimum atomic E-state index is -1.06. The summed E-state index contributed by atoms with van der Waals surface area (Å²) in [7, 11) is 0. The molecule has 0 saturated heterocycles. The van der Waals surface area contributed by atoms with Gasteiger partial charge in [-0.05, 0) is 75.3 Å². The molecule has 29 heavy (non-hydrogen) atoms. The molecule has 1 aromatic rings. The fraction of sp³-hybridized carbons (Fsp3) is 0.720. The van der Waals surface area contributed by atoms with Crippen LogP contribution in [0, 0.1) is 35.3 Å². The van der Waals surface area contributed by atoms with Crippen LogP contribution >= 0.6 is 0 Å². The summed E-state index contributed by atoms with van der Waals surface area (Å²) in [6.45, 7) is 4.24. The Bertz CT molecular complexity index is 672. The number of unbranched alkanes of at least 4 members (excludes halogenated alkanes) is 1. The molecule has 0 N–H and O–H groups in total. The van der Waals surface area contributed by atoms with Gasteiger partial charge in [0.1, 0.15) is 0 Å². The second-order valence-corrected chi connectivity index (χ2v) is 9.07. The number of carbonyl (C=O) groups is 1. The van der Waals surface area contributed by atoms with E-state index in [4.69, 9.17) is 4.74 Å². The van der Waals surface area contributed by atoms with Crippen molar-refractivity contribution in [3.63, 3.8) is 0 Å². The summed E-state index contributed by atoms with van der Waals surface area (Å²) in [4.78, 5) is 12.8. The summed E-state index contributed by atoms with van der Waals surface area (Å²) in [5, 5.41) is 0. The van der Waals surface area contributed by atoms with E-state index in [1.807, 2.05) is 0 Å². The number of carbonyl (C=O) groups excluding carboxylic acids is 1. The van der Waals surface area contributed by atoms with Crippen molar-refractivity contribution in [2.75, 3.05) is 6.61 Å². The van der Waals surface area contributed by atoms with Crippen LogP contribution in [0.5, 0.6) is 5.75 Å². The maximum absolute atomic E-state index is 14.4. The van der Waals surface area contributed by atoms with E-state index in [-0.39, 0.29) is 29.6 Å². The number of benzene rings is 1. The number of hydrogen-bond acceptors (Lipinski definition) is 2. The fourth-order valence-corrected chi connectivity index (χ4v) is 5.50. The predicted molar refractivity (Wildman–Crippen MR) is 112 cm³/mol. The van der Waals surface area contributed by atoms with Crippen molar-refractivity contribution in [2.45, 2.75) is 84.5 Å². The highest BCUT2D eigenvalue weighted by Crippen LogP contribution is 2.43. The molecule has 0 spiro atoms. The first-order chi connectivity index (χ1) is 14.0. The molecule has 0 atom stereocenters. The molecule has 2 aliphatic carbocycles. The maximum atomic E-state index is 14.4. The summed E-state index contributed by atoms with van der Waals surface area (Å²) >= 11 is 0. The molecule has 0 heterocycles. The Kier molecular flexibility index (Phi) is 8.08. The van der Waals surface area contributed by atoms with Crippen molar-refractivity contribution in [1.29, 1.82) is 0 Å². The van der Waals surface area contributed by atoms with Crippen LogP contribution in [0.3, 0.4) is 0 Å². The van der Waals surface area contributed by atoms with Gasteiger partial charge < -0.3 is 4.74 Å². The van der Waals surface area contributed by atoms with E-state index < -0.39 is 11.6 Å². The van der Waals surface area contributed by atoms with Gasteiger partial charge in [0.15, 0.2) is 17.3 Å². The van der Waals surface area contributed by atoms with Crippen molar-refractivity contribution in [3.8, 4) is 5.75 Å².